The second-order valence-electron chi connectivity index (χ2n) is 9.77. The van der Waals surface area contributed by atoms with Gasteiger partial charge in [-0.3, -0.25) is 24.5 Å². The lowest BCUT2D eigenvalue weighted by Crippen LogP contribution is -2.30. The van der Waals surface area contributed by atoms with Gasteiger partial charge in [-0.15, -0.1) is 11.8 Å². The molecule has 0 aliphatic heterocycles. The number of thioether (sulfide) groups is 1. The molecule has 0 spiro atoms. The van der Waals surface area contributed by atoms with Gasteiger partial charge < -0.3 is 16.0 Å². The van der Waals surface area contributed by atoms with Crippen molar-refractivity contribution in [1.82, 2.24) is 5.32 Å². The number of carbonyl (C=O) groups is 3. The zero-order chi connectivity index (χ0) is 30.9. The third kappa shape index (κ3) is 8.64. The minimum Gasteiger partial charge on any atom is -0.325 e. The standard InChI is InChI=1S/C33H30N4O5S/c1-21-9-10-22(2)29(19-21)35-31(38)23(3)43-28-17-13-26(14-18-28)34-33(40)30(36-32(39)25-7-5-4-6-8-25)20-24-11-15-27(16-12-24)37(41)42/h4-20,23H,1-3H3,(H,34,40)(H,35,38)(H,36,39)/b30-20-. The van der Waals surface area contributed by atoms with Crippen molar-refractivity contribution in [3.63, 3.8) is 0 Å². The van der Waals surface area contributed by atoms with E-state index in [0.29, 0.717) is 16.8 Å². The van der Waals surface area contributed by atoms with Crippen molar-refractivity contribution in [2.24, 2.45) is 0 Å². The first-order chi connectivity index (χ1) is 20.6. The molecular weight excluding hydrogens is 564 g/mol. The molecule has 4 aromatic rings. The number of aryl methyl sites for hydroxylation is 2. The van der Waals surface area contributed by atoms with Gasteiger partial charge in [-0.2, -0.15) is 0 Å². The quantitative estimate of drug-likeness (QED) is 0.0807. The van der Waals surface area contributed by atoms with Crippen LogP contribution < -0.4 is 16.0 Å². The first-order valence-electron chi connectivity index (χ1n) is 13.4. The van der Waals surface area contributed by atoms with Gasteiger partial charge in [-0.25, -0.2) is 0 Å². The summed E-state index contributed by atoms with van der Waals surface area (Å²) in [6, 6.07) is 27.0. The van der Waals surface area contributed by atoms with E-state index in [4.69, 9.17) is 0 Å². The number of amides is 3. The number of anilines is 2. The van der Waals surface area contributed by atoms with Crippen LogP contribution in [0.4, 0.5) is 17.1 Å². The highest BCUT2D eigenvalue weighted by atomic mass is 32.2. The van der Waals surface area contributed by atoms with Crippen LogP contribution in [0.1, 0.15) is 34.0 Å². The molecule has 1 unspecified atom stereocenters. The first kappa shape index (κ1) is 30.7. The van der Waals surface area contributed by atoms with E-state index in [-0.39, 0.29) is 22.5 Å². The molecule has 0 heterocycles. The third-order valence-electron chi connectivity index (χ3n) is 6.39. The lowest BCUT2D eigenvalue weighted by atomic mass is 10.1. The summed E-state index contributed by atoms with van der Waals surface area (Å²) in [6.45, 7) is 5.74. The first-order valence-corrected chi connectivity index (χ1v) is 14.3. The molecule has 3 N–H and O–H groups in total. The maximum absolute atomic E-state index is 13.3. The summed E-state index contributed by atoms with van der Waals surface area (Å²) in [5, 5.41) is 19.0. The monoisotopic (exact) mass is 594 g/mol. The van der Waals surface area contributed by atoms with Crippen LogP contribution in [-0.4, -0.2) is 27.9 Å². The molecule has 0 bridgehead atoms. The van der Waals surface area contributed by atoms with Gasteiger partial charge in [0.25, 0.3) is 17.5 Å². The molecule has 43 heavy (non-hydrogen) atoms. The van der Waals surface area contributed by atoms with Crippen molar-refractivity contribution < 1.29 is 19.3 Å². The molecule has 218 valence electrons. The van der Waals surface area contributed by atoms with Gasteiger partial charge in [0.05, 0.1) is 10.2 Å². The Balaban J connectivity index is 1.45. The number of non-ortho nitro benzene ring substituents is 1. The van der Waals surface area contributed by atoms with E-state index < -0.39 is 16.7 Å². The van der Waals surface area contributed by atoms with Gasteiger partial charge in [0.2, 0.25) is 5.91 Å². The zero-order valence-electron chi connectivity index (χ0n) is 23.8. The fraction of sp³-hybridized carbons (Fsp3) is 0.121. The molecule has 0 aliphatic rings. The van der Waals surface area contributed by atoms with E-state index in [0.717, 1.165) is 21.7 Å². The maximum atomic E-state index is 13.3. The Hall–Kier alpha value is -5.22. The average molecular weight is 595 g/mol. The number of carbonyl (C=O) groups excluding carboxylic acids is 3. The summed E-state index contributed by atoms with van der Waals surface area (Å²) in [5.41, 5.74) is 4.02. The minimum absolute atomic E-state index is 0.0436. The van der Waals surface area contributed by atoms with Crippen LogP contribution in [0.2, 0.25) is 0 Å². The van der Waals surface area contributed by atoms with Crippen molar-refractivity contribution in [1.29, 1.82) is 0 Å². The van der Waals surface area contributed by atoms with Crippen molar-refractivity contribution in [2.75, 3.05) is 10.6 Å². The normalized spacial score (nSPS) is 11.7. The van der Waals surface area contributed by atoms with Crippen molar-refractivity contribution in [2.45, 2.75) is 30.9 Å². The summed E-state index contributed by atoms with van der Waals surface area (Å²) in [5.74, 6) is -1.18. The van der Waals surface area contributed by atoms with E-state index in [9.17, 15) is 24.5 Å². The molecule has 9 nitrogen and oxygen atoms in total. The Bertz CT molecular complexity index is 1670. The lowest BCUT2D eigenvalue weighted by Gasteiger charge is -2.15. The fourth-order valence-electron chi connectivity index (χ4n) is 3.98. The summed E-state index contributed by atoms with van der Waals surface area (Å²) < 4.78 is 0. The highest BCUT2D eigenvalue weighted by molar-refractivity contribution is 8.00. The Morgan fingerprint density at radius 2 is 1.53 bits per heavy atom. The molecule has 0 radical (unpaired) electrons. The largest absolute Gasteiger partial charge is 0.325 e. The van der Waals surface area contributed by atoms with Gasteiger partial charge in [-0.05, 0) is 98.1 Å². The Kier molecular flexibility index (Phi) is 10.1. The Labute approximate surface area is 253 Å². The number of benzene rings is 4. The van der Waals surface area contributed by atoms with E-state index >= 15 is 0 Å². The van der Waals surface area contributed by atoms with E-state index in [1.165, 1.54) is 42.1 Å². The summed E-state index contributed by atoms with van der Waals surface area (Å²) in [7, 11) is 0. The summed E-state index contributed by atoms with van der Waals surface area (Å²) in [4.78, 5) is 50.2. The second-order valence-corrected chi connectivity index (χ2v) is 11.2. The van der Waals surface area contributed by atoms with Gasteiger partial charge in [0.1, 0.15) is 5.70 Å². The number of nitrogens with zero attached hydrogens (tertiary/aromatic N) is 1. The zero-order valence-corrected chi connectivity index (χ0v) is 24.6. The predicted octanol–water partition coefficient (Wildman–Crippen LogP) is 6.74. The molecule has 0 saturated carbocycles. The third-order valence-corrected chi connectivity index (χ3v) is 7.50. The molecule has 4 rings (SSSR count). The molecule has 0 aromatic heterocycles. The predicted molar refractivity (Wildman–Crippen MR) is 170 cm³/mol. The van der Waals surface area contributed by atoms with E-state index in [2.05, 4.69) is 16.0 Å². The number of nitro groups is 1. The van der Waals surface area contributed by atoms with Gasteiger partial charge in [-0.1, -0.05) is 30.3 Å². The molecule has 10 heteroatoms. The molecular formula is C33H30N4O5S. The van der Waals surface area contributed by atoms with Crippen LogP contribution >= 0.6 is 11.8 Å². The average Bonchev–Trinajstić information content (AvgIpc) is 3.00. The van der Waals surface area contributed by atoms with Gasteiger partial charge >= 0.3 is 0 Å². The summed E-state index contributed by atoms with van der Waals surface area (Å²) in [6.07, 6.45) is 1.44. The minimum atomic E-state index is -0.579. The molecule has 3 amide bonds. The number of hydrogen-bond donors (Lipinski definition) is 3. The molecule has 0 saturated heterocycles. The maximum Gasteiger partial charge on any atom is 0.272 e. The van der Waals surface area contributed by atoms with Crippen molar-refractivity contribution in [3.05, 3.63) is 135 Å². The van der Waals surface area contributed by atoms with Crippen LogP contribution in [0.25, 0.3) is 6.08 Å². The van der Waals surface area contributed by atoms with Crippen molar-refractivity contribution in [3.8, 4) is 0 Å². The van der Waals surface area contributed by atoms with Crippen LogP contribution in [0.3, 0.4) is 0 Å². The fourth-order valence-corrected chi connectivity index (χ4v) is 4.85. The molecule has 0 aliphatic carbocycles. The van der Waals surface area contributed by atoms with E-state index in [1.54, 1.807) is 54.6 Å². The highest BCUT2D eigenvalue weighted by Crippen LogP contribution is 2.27. The number of rotatable bonds is 10. The Morgan fingerprint density at radius 3 is 2.19 bits per heavy atom. The van der Waals surface area contributed by atoms with Crippen LogP contribution in [-0.2, 0) is 9.59 Å². The lowest BCUT2D eigenvalue weighted by molar-refractivity contribution is -0.384. The van der Waals surface area contributed by atoms with Crippen LogP contribution in [0.5, 0.6) is 0 Å². The smallest absolute Gasteiger partial charge is 0.272 e. The van der Waals surface area contributed by atoms with E-state index in [1.807, 2.05) is 39.0 Å². The number of nitro benzene ring substituents is 1. The second kappa shape index (κ2) is 14.1. The molecule has 0 fully saturated rings. The summed E-state index contributed by atoms with van der Waals surface area (Å²) >= 11 is 1.38. The number of nitrogens with one attached hydrogen (secondary N) is 3. The van der Waals surface area contributed by atoms with Gasteiger partial charge in [0.15, 0.2) is 0 Å². The molecule has 4 aromatic carbocycles. The van der Waals surface area contributed by atoms with Crippen molar-refractivity contribution >= 4 is 52.6 Å². The molecule has 1 atom stereocenters. The van der Waals surface area contributed by atoms with Gasteiger partial charge in [0, 0.05) is 34.0 Å². The highest BCUT2D eigenvalue weighted by Gasteiger charge is 2.18. The Morgan fingerprint density at radius 1 is 0.860 bits per heavy atom. The topological polar surface area (TPSA) is 130 Å². The van der Waals surface area contributed by atoms with Crippen LogP contribution in [0, 0.1) is 24.0 Å². The van der Waals surface area contributed by atoms with Crippen LogP contribution in [0.15, 0.2) is 108 Å². The SMILES string of the molecule is Cc1ccc(C)c(NC(=O)C(C)Sc2ccc(NC(=O)/C(=C/c3ccc([N+](=O)[O-])cc3)NC(=O)c3ccccc3)cc2)c1. The number of hydrogen-bond acceptors (Lipinski definition) is 6.